The SMILES string of the molecule is C[C@@H]1C[C@@H](C)CN(c2cc(N3CCCCC3)nc(NC(=S)NCc3cccnc3)n2)C1. The standard InChI is InChI=1S/C23H33N7S/c1-17-11-18(2)16-30(15-17)21-12-20(29-9-4-3-5-10-29)26-22(27-21)28-23(31)25-14-19-7-6-8-24-13-19/h6-8,12-13,17-18H,3-5,9-11,14-16H2,1-2H3,(H2,25,26,27,28,31)/t17-,18-/m1/s1. The molecule has 0 spiro atoms. The monoisotopic (exact) mass is 439 g/mol. The highest BCUT2D eigenvalue weighted by molar-refractivity contribution is 7.80. The van der Waals surface area contributed by atoms with Gasteiger partial charge in [-0.3, -0.25) is 4.98 Å². The number of piperidine rings is 2. The molecule has 4 rings (SSSR count). The molecule has 2 atom stereocenters. The molecule has 0 amide bonds. The highest BCUT2D eigenvalue weighted by Crippen LogP contribution is 2.29. The van der Waals surface area contributed by atoms with E-state index in [0.29, 0.717) is 29.4 Å². The Morgan fingerprint density at radius 3 is 2.45 bits per heavy atom. The highest BCUT2D eigenvalue weighted by Gasteiger charge is 2.25. The Morgan fingerprint density at radius 1 is 1.06 bits per heavy atom. The normalized spacial score (nSPS) is 21.6. The van der Waals surface area contributed by atoms with E-state index in [-0.39, 0.29) is 0 Å². The first-order chi connectivity index (χ1) is 15.1. The van der Waals surface area contributed by atoms with Crippen molar-refractivity contribution in [2.45, 2.75) is 46.1 Å². The van der Waals surface area contributed by atoms with E-state index in [1.54, 1.807) is 6.20 Å². The fraction of sp³-hybridized carbons (Fsp3) is 0.565. The second-order valence-corrected chi connectivity index (χ2v) is 9.38. The molecule has 0 aromatic carbocycles. The maximum absolute atomic E-state index is 5.52. The number of anilines is 3. The van der Waals surface area contributed by atoms with E-state index in [2.05, 4.69) is 45.3 Å². The Kier molecular flexibility index (Phi) is 7.17. The summed E-state index contributed by atoms with van der Waals surface area (Å²) in [6.07, 6.45) is 8.59. The lowest BCUT2D eigenvalue weighted by Gasteiger charge is -2.36. The number of thiocarbonyl (C=S) groups is 1. The number of hydrogen-bond donors (Lipinski definition) is 2. The number of pyridine rings is 1. The zero-order chi connectivity index (χ0) is 21.6. The van der Waals surface area contributed by atoms with E-state index in [4.69, 9.17) is 22.2 Å². The molecular weight excluding hydrogens is 406 g/mol. The number of hydrogen-bond acceptors (Lipinski definition) is 6. The molecule has 2 aliphatic heterocycles. The van der Waals surface area contributed by atoms with Gasteiger partial charge in [0.15, 0.2) is 5.11 Å². The molecule has 2 fully saturated rings. The number of aromatic nitrogens is 3. The van der Waals surface area contributed by atoms with Crippen LogP contribution in [0.15, 0.2) is 30.6 Å². The molecule has 2 saturated heterocycles. The Labute approximate surface area is 190 Å². The number of rotatable bonds is 5. The Morgan fingerprint density at radius 2 is 1.77 bits per heavy atom. The summed E-state index contributed by atoms with van der Waals surface area (Å²) in [5.74, 6) is 3.87. The van der Waals surface area contributed by atoms with E-state index in [1.165, 1.54) is 25.7 Å². The van der Waals surface area contributed by atoms with Crippen molar-refractivity contribution < 1.29 is 0 Å². The molecule has 8 heteroatoms. The van der Waals surface area contributed by atoms with Gasteiger partial charge >= 0.3 is 0 Å². The molecule has 2 aromatic rings. The summed E-state index contributed by atoms with van der Waals surface area (Å²) in [6.45, 7) is 9.42. The average molecular weight is 440 g/mol. The Balaban J connectivity index is 1.51. The molecule has 0 unspecified atom stereocenters. The average Bonchev–Trinajstić information content (AvgIpc) is 2.78. The summed E-state index contributed by atoms with van der Waals surface area (Å²) in [5, 5.41) is 6.97. The van der Waals surface area contributed by atoms with Gasteiger partial charge in [-0.05, 0) is 61.4 Å². The minimum Gasteiger partial charge on any atom is -0.358 e. The van der Waals surface area contributed by atoms with Crippen molar-refractivity contribution in [1.29, 1.82) is 0 Å². The van der Waals surface area contributed by atoms with Crippen molar-refractivity contribution in [2.75, 3.05) is 41.3 Å². The molecule has 0 saturated carbocycles. The maximum atomic E-state index is 5.52. The predicted octanol–water partition coefficient (Wildman–Crippen LogP) is 3.83. The quantitative estimate of drug-likeness (QED) is 0.682. The van der Waals surface area contributed by atoms with Crippen LogP contribution < -0.4 is 20.4 Å². The van der Waals surface area contributed by atoms with Crippen LogP contribution in [-0.4, -0.2) is 46.2 Å². The molecule has 4 heterocycles. The van der Waals surface area contributed by atoms with Crippen molar-refractivity contribution in [3.63, 3.8) is 0 Å². The molecule has 7 nitrogen and oxygen atoms in total. The van der Waals surface area contributed by atoms with Gasteiger partial charge in [-0.25, -0.2) is 0 Å². The molecule has 2 N–H and O–H groups in total. The smallest absolute Gasteiger partial charge is 0.232 e. The van der Waals surface area contributed by atoms with Gasteiger partial charge in [0, 0.05) is 51.2 Å². The summed E-state index contributed by atoms with van der Waals surface area (Å²) < 4.78 is 0. The lowest BCUT2D eigenvalue weighted by atomic mass is 9.92. The van der Waals surface area contributed by atoms with E-state index < -0.39 is 0 Å². The molecule has 31 heavy (non-hydrogen) atoms. The van der Waals surface area contributed by atoms with Crippen LogP contribution in [0.3, 0.4) is 0 Å². The van der Waals surface area contributed by atoms with Crippen LogP contribution in [0.2, 0.25) is 0 Å². The third kappa shape index (κ3) is 6.03. The third-order valence-corrected chi connectivity index (χ3v) is 6.22. The van der Waals surface area contributed by atoms with Gasteiger partial charge in [0.05, 0.1) is 0 Å². The van der Waals surface area contributed by atoms with Gasteiger partial charge in [-0.15, -0.1) is 0 Å². The molecule has 2 aliphatic rings. The Bertz CT molecular complexity index is 859. The minimum atomic E-state index is 0.519. The van der Waals surface area contributed by atoms with Crippen molar-refractivity contribution in [3.8, 4) is 0 Å². The zero-order valence-corrected chi connectivity index (χ0v) is 19.4. The maximum Gasteiger partial charge on any atom is 0.232 e. The summed E-state index contributed by atoms with van der Waals surface area (Å²) in [7, 11) is 0. The van der Waals surface area contributed by atoms with Crippen LogP contribution in [0, 0.1) is 11.8 Å². The van der Waals surface area contributed by atoms with Gasteiger partial charge in [0.1, 0.15) is 11.6 Å². The van der Waals surface area contributed by atoms with Gasteiger partial charge in [0.25, 0.3) is 0 Å². The minimum absolute atomic E-state index is 0.519. The van der Waals surface area contributed by atoms with E-state index in [1.807, 2.05) is 18.3 Å². The van der Waals surface area contributed by atoms with Gasteiger partial charge < -0.3 is 20.4 Å². The molecule has 2 aromatic heterocycles. The lowest BCUT2D eigenvalue weighted by molar-refractivity contribution is 0.355. The fourth-order valence-corrected chi connectivity index (χ4v) is 4.77. The lowest BCUT2D eigenvalue weighted by Crippen LogP contribution is -2.40. The summed E-state index contributed by atoms with van der Waals surface area (Å²) in [5.41, 5.74) is 1.08. The molecule has 0 aliphatic carbocycles. The number of nitrogens with one attached hydrogen (secondary N) is 2. The van der Waals surface area contributed by atoms with Crippen LogP contribution >= 0.6 is 12.2 Å². The van der Waals surface area contributed by atoms with Gasteiger partial charge in [0.2, 0.25) is 5.95 Å². The van der Waals surface area contributed by atoms with Gasteiger partial charge in [-0.1, -0.05) is 19.9 Å². The molecule has 166 valence electrons. The van der Waals surface area contributed by atoms with Crippen LogP contribution in [0.25, 0.3) is 0 Å². The first-order valence-corrected chi connectivity index (χ1v) is 11.8. The summed E-state index contributed by atoms with van der Waals surface area (Å²) >= 11 is 5.52. The van der Waals surface area contributed by atoms with Crippen molar-refractivity contribution in [1.82, 2.24) is 20.3 Å². The topological polar surface area (TPSA) is 69.2 Å². The van der Waals surface area contributed by atoms with E-state index in [0.717, 1.165) is 43.4 Å². The fourth-order valence-electron chi connectivity index (χ4n) is 4.61. The van der Waals surface area contributed by atoms with Crippen molar-refractivity contribution >= 4 is 34.9 Å². The number of nitrogens with zero attached hydrogens (tertiary/aromatic N) is 5. The largest absolute Gasteiger partial charge is 0.358 e. The van der Waals surface area contributed by atoms with Crippen molar-refractivity contribution in [3.05, 3.63) is 36.2 Å². The van der Waals surface area contributed by atoms with Gasteiger partial charge in [-0.2, -0.15) is 9.97 Å². The summed E-state index contributed by atoms with van der Waals surface area (Å²) in [6, 6.07) is 6.10. The van der Waals surface area contributed by atoms with E-state index >= 15 is 0 Å². The van der Waals surface area contributed by atoms with Crippen LogP contribution in [0.1, 0.15) is 45.1 Å². The Hall–Kier alpha value is -2.48. The molecule has 0 radical (unpaired) electrons. The predicted molar refractivity (Wildman–Crippen MR) is 131 cm³/mol. The van der Waals surface area contributed by atoms with Crippen molar-refractivity contribution in [2.24, 2.45) is 11.8 Å². The van der Waals surface area contributed by atoms with Crippen LogP contribution in [-0.2, 0) is 6.54 Å². The third-order valence-electron chi connectivity index (χ3n) is 5.97. The second-order valence-electron chi connectivity index (χ2n) is 8.98. The first kappa shape index (κ1) is 21.7. The molecular formula is C23H33N7S. The second kappa shape index (κ2) is 10.2. The van der Waals surface area contributed by atoms with Crippen LogP contribution in [0.5, 0.6) is 0 Å². The summed E-state index contributed by atoms with van der Waals surface area (Å²) in [4.78, 5) is 18.6. The highest BCUT2D eigenvalue weighted by atomic mass is 32.1. The first-order valence-electron chi connectivity index (χ1n) is 11.4. The van der Waals surface area contributed by atoms with E-state index in [9.17, 15) is 0 Å². The van der Waals surface area contributed by atoms with Crippen LogP contribution in [0.4, 0.5) is 17.6 Å². The molecule has 0 bridgehead atoms. The zero-order valence-electron chi connectivity index (χ0n) is 18.5.